The summed E-state index contributed by atoms with van der Waals surface area (Å²) in [4.78, 5) is 2.42. The molecule has 0 radical (unpaired) electrons. The van der Waals surface area contributed by atoms with Crippen molar-refractivity contribution in [2.75, 3.05) is 20.1 Å². The van der Waals surface area contributed by atoms with Gasteiger partial charge in [0.1, 0.15) is 0 Å². The van der Waals surface area contributed by atoms with Crippen LogP contribution < -0.4 is 0 Å². The minimum Gasteiger partial charge on any atom is -0.306 e. The van der Waals surface area contributed by atoms with E-state index in [4.69, 9.17) is 0 Å². The summed E-state index contributed by atoms with van der Waals surface area (Å²) >= 11 is 0. The minimum atomic E-state index is 0.798. The van der Waals surface area contributed by atoms with Crippen LogP contribution in [0.15, 0.2) is 24.3 Å². The quantitative estimate of drug-likeness (QED) is 0.669. The SMILES string of the molecule is CC.CCC.Cc1ccc(C2CCN(C)CC2)cc1. The normalized spacial score (nSPS) is 15.9. The first-order chi connectivity index (χ1) is 9.17. The van der Waals surface area contributed by atoms with Crippen molar-refractivity contribution in [2.24, 2.45) is 0 Å². The van der Waals surface area contributed by atoms with E-state index in [-0.39, 0.29) is 0 Å². The van der Waals surface area contributed by atoms with Crippen LogP contribution in [0, 0.1) is 6.92 Å². The van der Waals surface area contributed by atoms with Crippen LogP contribution in [0.5, 0.6) is 0 Å². The molecule has 0 aliphatic carbocycles. The highest BCUT2D eigenvalue weighted by molar-refractivity contribution is 5.24. The van der Waals surface area contributed by atoms with Crippen molar-refractivity contribution < 1.29 is 0 Å². The van der Waals surface area contributed by atoms with Gasteiger partial charge >= 0.3 is 0 Å². The molecule has 1 fully saturated rings. The first-order valence-corrected chi connectivity index (χ1v) is 7.92. The van der Waals surface area contributed by atoms with E-state index in [1.54, 1.807) is 0 Å². The molecule has 1 nitrogen and oxygen atoms in total. The van der Waals surface area contributed by atoms with Gasteiger partial charge in [0.2, 0.25) is 0 Å². The van der Waals surface area contributed by atoms with Crippen LogP contribution in [0.25, 0.3) is 0 Å². The Morgan fingerprint density at radius 2 is 1.42 bits per heavy atom. The summed E-state index contributed by atoms with van der Waals surface area (Å²) in [6, 6.07) is 9.05. The van der Waals surface area contributed by atoms with Crippen LogP contribution >= 0.6 is 0 Å². The molecule has 0 amide bonds. The Labute approximate surface area is 121 Å². The second kappa shape index (κ2) is 11.0. The number of piperidine rings is 1. The Morgan fingerprint density at radius 1 is 1.00 bits per heavy atom. The predicted octanol–water partition coefficient (Wildman–Crippen LogP) is 5.25. The topological polar surface area (TPSA) is 3.24 Å². The molecule has 0 N–H and O–H groups in total. The monoisotopic (exact) mass is 263 g/mol. The maximum Gasteiger partial charge on any atom is -0.00159 e. The molecule has 1 aromatic carbocycles. The highest BCUT2D eigenvalue weighted by Gasteiger charge is 2.17. The number of hydrogen-bond donors (Lipinski definition) is 0. The molecule has 110 valence electrons. The van der Waals surface area contributed by atoms with Gasteiger partial charge in [-0.15, -0.1) is 0 Å². The van der Waals surface area contributed by atoms with Crippen molar-refractivity contribution in [1.29, 1.82) is 0 Å². The largest absolute Gasteiger partial charge is 0.306 e. The number of likely N-dealkylation sites (tertiary alicyclic amines) is 1. The van der Waals surface area contributed by atoms with Crippen LogP contribution in [0.4, 0.5) is 0 Å². The Bertz CT molecular complexity index is 294. The summed E-state index contributed by atoms with van der Waals surface area (Å²) in [5, 5.41) is 0. The standard InChI is InChI=1S/C13H19N.C3H8.C2H6/c1-11-3-5-12(6-4-11)13-7-9-14(2)10-8-13;1-3-2;1-2/h3-6,13H,7-10H2,1-2H3;3H2,1-2H3;1-2H3. The molecule has 1 saturated heterocycles. The average molecular weight is 263 g/mol. The number of nitrogens with zero attached hydrogens (tertiary/aromatic N) is 1. The molecule has 0 atom stereocenters. The fraction of sp³-hybridized carbons (Fsp3) is 0.667. The van der Waals surface area contributed by atoms with Crippen LogP contribution in [0.1, 0.15) is 64.0 Å². The summed E-state index contributed by atoms with van der Waals surface area (Å²) in [6.07, 6.45) is 3.89. The molecule has 1 heteroatoms. The van der Waals surface area contributed by atoms with Crippen molar-refractivity contribution in [2.45, 2.75) is 59.8 Å². The fourth-order valence-corrected chi connectivity index (χ4v) is 2.18. The second-order valence-corrected chi connectivity index (χ2v) is 5.20. The lowest BCUT2D eigenvalue weighted by atomic mass is 9.89. The van der Waals surface area contributed by atoms with Crippen LogP contribution in [-0.4, -0.2) is 25.0 Å². The minimum absolute atomic E-state index is 0.798. The van der Waals surface area contributed by atoms with Crippen molar-refractivity contribution >= 4 is 0 Å². The number of benzene rings is 1. The van der Waals surface area contributed by atoms with Gasteiger partial charge in [0, 0.05) is 0 Å². The summed E-state index contributed by atoms with van der Waals surface area (Å²) in [5.74, 6) is 0.798. The molecule has 1 heterocycles. The van der Waals surface area contributed by atoms with Crippen LogP contribution in [0.2, 0.25) is 0 Å². The smallest absolute Gasteiger partial charge is 0.00159 e. The Kier molecular flexibility index (Phi) is 10.6. The van der Waals surface area contributed by atoms with Gasteiger partial charge < -0.3 is 4.90 Å². The molecule has 0 aromatic heterocycles. The van der Waals surface area contributed by atoms with E-state index in [0.717, 1.165) is 5.92 Å². The van der Waals surface area contributed by atoms with Gasteiger partial charge in [-0.1, -0.05) is 63.9 Å². The van der Waals surface area contributed by atoms with Gasteiger partial charge in [-0.25, -0.2) is 0 Å². The lowest BCUT2D eigenvalue weighted by Crippen LogP contribution is -2.29. The third kappa shape index (κ3) is 7.37. The fourth-order valence-electron chi connectivity index (χ4n) is 2.18. The molecule has 1 aliphatic rings. The molecule has 1 aliphatic heterocycles. The van der Waals surface area contributed by atoms with E-state index in [9.17, 15) is 0 Å². The number of rotatable bonds is 1. The van der Waals surface area contributed by atoms with E-state index >= 15 is 0 Å². The molecule has 0 spiro atoms. The highest BCUT2D eigenvalue weighted by atomic mass is 15.1. The maximum atomic E-state index is 2.42. The molecule has 2 rings (SSSR count). The zero-order chi connectivity index (χ0) is 14.7. The molecule has 1 aromatic rings. The Hall–Kier alpha value is -0.820. The summed E-state index contributed by atoms with van der Waals surface area (Å²) < 4.78 is 0. The van der Waals surface area contributed by atoms with E-state index in [0.29, 0.717) is 0 Å². The lowest BCUT2D eigenvalue weighted by molar-refractivity contribution is 0.255. The van der Waals surface area contributed by atoms with Gasteiger partial charge in [0.25, 0.3) is 0 Å². The van der Waals surface area contributed by atoms with Gasteiger partial charge in [-0.3, -0.25) is 0 Å². The molecule has 0 saturated carbocycles. The second-order valence-electron chi connectivity index (χ2n) is 5.20. The average Bonchev–Trinajstić information content (AvgIpc) is 2.44. The number of aryl methyl sites for hydroxylation is 1. The number of hydrogen-bond acceptors (Lipinski definition) is 1. The van der Waals surface area contributed by atoms with E-state index in [2.05, 4.69) is 57.0 Å². The maximum absolute atomic E-state index is 2.42. The molecular weight excluding hydrogens is 230 g/mol. The summed E-state index contributed by atoms with van der Waals surface area (Å²) in [6.45, 7) is 12.9. The van der Waals surface area contributed by atoms with E-state index in [1.165, 1.54) is 43.5 Å². The zero-order valence-electron chi connectivity index (χ0n) is 13.9. The van der Waals surface area contributed by atoms with Crippen LogP contribution in [0.3, 0.4) is 0 Å². The third-order valence-corrected chi connectivity index (χ3v) is 3.27. The third-order valence-electron chi connectivity index (χ3n) is 3.27. The van der Waals surface area contributed by atoms with E-state index < -0.39 is 0 Å². The molecule has 19 heavy (non-hydrogen) atoms. The molecule has 0 bridgehead atoms. The van der Waals surface area contributed by atoms with Crippen molar-refractivity contribution in [3.8, 4) is 0 Å². The van der Waals surface area contributed by atoms with Crippen molar-refractivity contribution in [3.63, 3.8) is 0 Å². The van der Waals surface area contributed by atoms with Crippen LogP contribution in [-0.2, 0) is 0 Å². The van der Waals surface area contributed by atoms with Gasteiger partial charge in [-0.2, -0.15) is 0 Å². The van der Waals surface area contributed by atoms with E-state index in [1.807, 2.05) is 13.8 Å². The Morgan fingerprint density at radius 3 is 1.84 bits per heavy atom. The van der Waals surface area contributed by atoms with Gasteiger partial charge in [-0.05, 0) is 51.4 Å². The summed E-state index contributed by atoms with van der Waals surface area (Å²) in [5.41, 5.74) is 2.89. The first kappa shape index (κ1) is 18.2. The molecular formula is C18H33N. The lowest BCUT2D eigenvalue weighted by Gasteiger charge is -2.29. The molecule has 0 unspecified atom stereocenters. The van der Waals surface area contributed by atoms with Gasteiger partial charge in [0.15, 0.2) is 0 Å². The zero-order valence-corrected chi connectivity index (χ0v) is 13.9. The van der Waals surface area contributed by atoms with Gasteiger partial charge in [0.05, 0.1) is 0 Å². The Balaban J connectivity index is 0.000000573. The van der Waals surface area contributed by atoms with Crippen molar-refractivity contribution in [3.05, 3.63) is 35.4 Å². The van der Waals surface area contributed by atoms with Crippen molar-refractivity contribution in [1.82, 2.24) is 4.90 Å². The first-order valence-electron chi connectivity index (χ1n) is 7.92. The highest BCUT2D eigenvalue weighted by Crippen LogP contribution is 2.27. The predicted molar refractivity (Wildman–Crippen MR) is 88.0 cm³/mol. The summed E-state index contributed by atoms with van der Waals surface area (Å²) in [7, 11) is 2.21.